The smallest absolute Gasteiger partial charge is 0.243 e. The van der Waals surface area contributed by atoms with Gasteiger partial charge in [0.05, 0.1) is 0 Å². The van der Waals surface area contributed by atoms with Crippen LogP contribution in [0, 0.1) is 5.92 Å². The third kappa shape index (κ3) is 5.63. The highest BCUT2D eigenvalue weighted by atomic mass is 35.5. The molecule has 138 valence electrons. The summed E-state index contributed by atoms with van der Waals surface area (Å²) in [7, 11) is 3.48. The number of nitrogens with zero attached hydrogens (tertiary/aromatic N) is 2. The number of nitrogens with one attached hydrogen (secondary N) is 2. The highest BCUT2D eigenvalue weighted by molar-refractivity contribution is 6.31. The highest BCUT2D eigenvalue weighted by Gasteiger charge is 2.45. The van der Waals surface area contributed by atoms with E-state index < -0.39 is 0 Å². The Morgan fingerprint density at radius 3 is 2.52 bits per heavy atom. The fourth-order valence-electron chi connectivity index (χ4n) is 2.60. The molecule has 0 atom stereocenters. The lowest BCUT2D eigenvalue weighted by Crippen LogP contribution is -2.43. The van der Waals surface area contributed by atoms with Crippen LogP contribution in [0.2, 0.25) is 5.02 Å². The van der Waals surface area contributed by atoms with Gasteiger partial charge in [-0.25, -0.2) is 4.99 Å². The van der Waals surface area contributed by atoms with Crippen LogP contribution in [0.15, 0.2) is 29.3 Å². The van der Waals surface area contributed by atoms with E-state index in [1.165, 1.54) is 5.56 Å². The number of hydrogen-bond donors (Lipinski definition) is 2. The summed E-state index contributed by atoms with van der Waals surface area (Å²) in [5.74, 6) is 1.16. The van der Waals surface area contributed by atoms with Gasteiger partial charge in [-0.15, -0.1) is 0 Å². The van der Waals surface area contributed by atoms with Crippen molar-refractivity contribution in [1.82, 2.24) is 15.5 Å². The van der Waals surface area contributed by atoms with Gasteiger partial charge in [-0.05, 0) is 30.4 Å². The summed E-state index contributed by atoms with van der Waals surface area (Å²) in [4.78, 5) is 17.8. The van der Waals surface area contributed by atoms with E-state index in [4.69, 9.17) is 11.6 Å². The normalized spacial score (nSPS) is 15.8. The number of rotatable bonds is 7. The Labute approximate surface area is 155 Å². The lowest BCUT2D eigenvalue weighted by atomic mass is 9.96. The van der Waals surface area contributed by atoms with Crippen molar-refractivity contribution >= 4 is 23.5 Å². The SMILES string of the molecule is CC(C)CNC(=NCC(=O)N(C)C)NCC1(c2ccccc2Cl)CC1. The van der Waals surface area contributed by atoms with E-state index in [1.54, 1.807) is 19.0 Å². The molecular formula is C19H29ClN4O. The van der Waals surface area contributed by atoms with Crippen molar-refractivity contribution in [3.63, 3.8) is 0 Å². The number of amides is 1. The molecule has 1 aliphatic rings. The second-order valence-electron chi connectivity index (χ2n) is 7.34. The molecular weight excluding hydrogens is 336 g/mol. The molecule has 0 heterocycles. The van der Waals surface area contributed by atoms with Crippen molar-refractivity contribution in [3.05, 3.63) is 34.9 Å². The molecule has 1 aromatic carbocycles. The van der Waals surface area contributed by atoms with E-state index in [-0.39, 0.29) is 17.9 Å². The number of halogens is 1. The summed E-state index contributed by atoms with van der Waals surface area (Å²) in [6.07, 6.45) is 2.22. The van der Waals surface area contributed by atoms with Crippen molar-refractivity contribution in [3.8, 4) is 0 Å². The molecule has 2 rings (SSSR count). The first-order valence-electron chi connectivity index (χ1n) is 8.81. The predicted molar refractivity (Wildman–Crippen MR) is 104 cm³/mol. The van der Waals surface area contributed by atoms with Crippen molar-refractivity contribution in [1.29, 1.82) is 0 Å². The number of carbonyl (C=O) groups is 1. The zero-order valence-electron chi connectivity index (χ0n) is 15.6. The van der Waals surface area contributed by atoms with Gasteiger partial charge < -0.3 is 15.5 Å². The van der Waals surface area contributed by atoms with Crippen molar-refractivity contribution < 1.29 is 4.79 Å². The van der Waals surface area contributed by atoms with Crippen molar-refractivity contribution in [2.45, 2.75) is 32.1 Å². The number of benzene rings is 1. The number of hydrogen-bond acceptors (Lipinski definition) is 2. The van der Waals surface area contributed by atoms with Gasteiger partial charge in [0.2, 0.25) is 5.91 Å². The lowest BCUT2D eigenvalue weighted by molar-refractivity contribution is -0.127. The van der Waals surface area contributed by atoms with Crippen LogP contribution in [0.1, 0.15) is 32.3 Å². The molecule has 25 heavy (non-hydrogen) atoms. The van der Waals surface area contributed by atoms with Gasteiger partial charge in [0.1, 0.15) is 6.54 Å². The minimum Gasteiger partial charge on any atom is -0.356 e. The molecule has 1 aromatic rings. The largest absolute Gasteiger partial charge is 0.356 e. The zero-order valence-corrected chi connectivity index (χ0v) is 16.4. The van der Waals surface area contributed by atoms with Crippen LogP contribution in [0.25, 0.3) is 0 Å². The van der Waals surface area contributed by atoms with Crippen LogP contribution in [0.3, 0.4) is 0 Å². The number of carbonyl (C=O) groups excluding carboxylic acids is 1. The third-order valence-electron chi connectivity index (χ3n) is 4.44. The number of guanidine groups is 1. The molecule has 1 saturated carbocycles. The zero-order chi connectivity index (χ0) is 18.4. The molecule has 0 radical (unpaired) electrons. The Morgan fingerprint density at radius 2 is 1.96 bits per heavy atom. The molecule has 0 unspecified atom stereocenters. The third-order valence-corrected chi connectivity index (χ3v) is 4.77. The molecule has 1 aliphatic carbocycles. The molecule has 0 aromatic heterocycles. The molecule has 6 heteroatoms. The average Bonchev–Trinajstić information content (AvgIpc) is 3.34. The van der Waals surface area contributed by atoms with E-state index in [1.807, 2.05) is 18.2 Å². The van der Waals surface area contributed by atoms with E-state index in [2.05, 4.69) is 35.5 Å². The predicted octanol–water partition coefficient (Wildman–Crippen LogP) is 2.65. The number of likely N-dealkylation sites (N-methyl/N-ethyl adjacent to an activating group) is 1. The van der Waals surface area contributed by atoms with Crippen LogP contribution in [0.4, 0.5) is 0 Å². The van der Waals surface area contributed by atoms with E-state index in [9.17, 15) is 4.79 Å². The molecule has 0 aliphatic heterocycles. The maximum Gasteiger partial charge on any atom is 0.243 e. The summed E-state index contributed by atoms with van der Waals surface area (Å²) >= 11 is 6.38. The molecule has 1 amide bonds. The first kappa shape index (κ1) is 19.6. The number of aliphatic imine (C=N–C) groups is 1. The Kier molecular flexibility index (Phi) is 6.71. The second-order valence-corrected chi connectivity index (χ2v) is 7.75. The Balaban J connectivity index is 2.02. The Hall–Kier alpha value is -1.75. The molecule has 2 N–H and O–H groups in total. The van der Waals surface area contributed by atoms with Gasteiger partial charge in [-0.1, -0.05) is 43.6 Å². The van der Waals surface area contributed by atoms with E-state index >= 15 is 0 Å². The van der Waals surface area contributed by atoms with Crippen LogP contribution in [0.5, 0.6) is 0 Å². The molecule has 0 bridgehead atoms. The van der Waals surface area contributed by atoms with Crippen LogP contribution >= 0.6 is 11.6 Å². The standard InChI is InChI=1S/C19H29ClN4O/c1-14(2)11-21-18(22-12-17(25)24(3)4)23-13-19(9-10-19)15-7-5-6-8-16(15)20/h5-8,14H,9-13H2,1-4H3,(H2,21,22,23). The van der Waals surface area contributed by atoms with Crippen LogP contribution in [-0.2, 0) is 10.2 Å². The van der Waals surface area contributed by atoms with Crippen LogP contribution < -0.4 is 10.6 Å². The summed E-state index contributed by atoms with van der Waals surface area (Å²) in [6, 6.07) is 8.03. The highest BCUT2D eigenvalue weighted by Crippen LogP contribution is 2.49. The van der Waals surface area contributed by atoms with Crippen molar-refractivity contribution in [2.75, 3.05) is 33.7 Å². The van der Waals surface area contributed by atoms with Gasteiger partial charge in [0.15, 0.2) is 5.96 Å². The monoisotopic (exact) mass is 364 g/mol. The minimum atomic E-state index is -0.0158. The minimum absolute atomic E-state index is 0.0158. The summed E-state index contributed by atoms with van der Waals surface area (Å²) in [5, 5.41) is 7.54. The maximum atomic E-state index is 11.8. The lowest BCUT2D eigenvalue weighted by Gasteiger charge is -2.21. The van der Waals surface area contributed by atoms with Crippen molar-refractivity contribution in [2.24, 2.45) is 10.9 Å². The first-order chi connectivity index (χ1) is 11.8. The molecule has 0 spiro atoms. The fourth-order valence-corrected chi connectivity index (χ4v) is 2.94. The Morgan fingerprint density at radius 1 is 1.28 bits per heavy atom. The average molecular weight is 365 g/mol. The van der Waals surface area contributed by atoms with Gasteiger partial charge >= 0.3 is 0 Å². The van der Waals surface area contributed by atoms with Crippen LogP contribution in [-0.4, -0.2) is 50.5 Å². The summed E-state index contributed by atoms with van der Waals surface area (Å²) < 4.78 is 0. The summed E-state index contributed by atoms with van der Waals surface area (Å²) in [5.41, 5.74) is 1.27. The molecule has 0 saturated heterocycles. The van der Waals surface area contributed by atoms with Gasteiger partial charge in [0.25, 0.3) is 0 Å². The van der Waals surface area contributed by atoms with Gasteiger partial charge in [-0.3, -0.25) is 4.79 Å². The molecule has 1 fully saturated rings. The quantitative estimate of drug-likeness (QED) is 0.577. The van der Waals surface area contributed by atoms with Gasteiger partial charge in [-0.2, -0.15) is 0 Å². The summed E-state index contributed by atoms with van der Waals surface area (Å²) in [6.45, 7) is 5.99. The fraction of sp³-hybridized carbons (Fsp3) is 0.579. The maximum absolute atomic E-state index is 11.8. The Bertz CT molecular complexity index is 624. The van der Waals surface area contributed by atoms with E-state index in [0.29, 0.717) is 11.9 Å². The first-order valence-corrected chi connectivity index (χ1v) is 9.19. The molecule has 5 nitrogen and oxygen atoms in total. The second kappa shape index (κ2) is 8.56. The van der Waals surface area contributed by atoms with Gasteiger partial charge in [0, 0.05) is 37.6 Å². The van der Waals surface area contributed by atoms with E-state index in [0.717, 1.165) is 31.0 Å². The topological polar surface area (TPSA) is 56.7 Å².